The minimum absolute atomic E-state index is 0.288. The Balaban J connectivity index is 2.38. The topological polar surface area (TPSA) is 88.8 Å². The van der Waals surface area contributed by atoms with Gasteiger partial charge in [0, 0.05) is 22.5 Å². The van der Waals surface area contributed by atoms with E-state index in [1.54, 1.807) is 18.3 Å². The fraction of sp³-hybridized carbons (Fsp3) is 0. The highest BCUT2D eigenvalue weighted by Crippen LogP contribution is 2.25. The number of carbonyl (C=O) groups excluding carboxylic acids is 1. The van der Waals surface area contributed by atoms with Crippen molar-refractivity contribution >= 4 is 38.8 Å². The quantitative estimate of drug-likeness (QED) is 0.524. The van der Waals surface area contributed by atoms with Gasteiger partial charge in [-0.1, -0.05) is 6.07 Å². The number of rotatable bonds is 1. The maximum absolute atomic E-state index is 11.8. The van der Waals surface area contributed by atoms with Crippen LogP contribution in [0.2, 0.25) is 0 Å². The molecule has 6 heteroatoms. The molecule has 0 saturated heterocycles. The summed E-state index contributed by atoms with van der Waals surface area (Å²) in [6, 6.07) is 9.06. The van der Waals surface area contributed by atoms with Crippen molar-refractivity contribution in [3.63, 3.8) is 0 Å². The number of nitrogens with zero attached hydrogens (tertiary/aromatic N) is 1. The molecule has 1 aromatic carbocycles. The lowest BCUT2D eigenvalue weighted by atomic mass is 10.1. The molecule has 0 saturated carbocycles. The van der Waals surface area contributed by atoms with E-state index in [-0.39, 0.29) is 10.5 Å². The van der Waals surface area contributed by atoms with Crippen LogP contribution in [-0.2, 0) is 0 Å². The molecule has 0 aliphatic heterocycles. The summed E-state index contributed by atoms with van der Waals surface area (Å²) in [6.45, 7) is 0. The van der Waals surface area contributed by atoms with Crippen LogP contribution in [-0.4, -0.2) is 15.2 Å². The molecule has 2 heterocycles. The number of thioether (sulfide) groups is 1. The molecular weight excluding hydrogens is 262 g/mol. The number of aromatic amines is 1. The third-order valence-electron chi connectivity index (χ3n) is 2.78. The number of hydrogen-bond acceptors (Lipinski definition) is 4. The molecular formula is C13H9N3O2S. The Labute approximate surface area is 111 Å². The Hall–Kier alpha value is -2.34. The second-order valence-electron chi connectivity index (χ2n) is 3.98. The summed E-state index contributed by atoms with van der Waals surface area (Å²) in [5.74, 6) is 0. The van der Waals surface area contributed by atoms with Crippen LogP contribution in [0.4, 0.5) is 4.79 Å². The van der Waals surface area contributed by atoms with Gasteiger partial charge in [-0.2, -0.15) is 0 Å². The Morgan fingerprint density at radius 1 is 1.26 bits per heavy atom. The standard InChI is InChI=1S/C13H9N3O2S/c14-13(18)19-11-6-8-7-2-1-5-15-9(7)3-4-10(8)16-12(11)17/h1-6H,(H2,14,18)(H,16,17). The van der Waals surface area contributed by atoms with E-state index in [2.05, 4.69) is 9.97 Å². The van der Waals surface area contributed by atoms with Crippen molar-refractivity contribution < 1.29 is 4.79 Å². The van der Waals surface area contributed by atoms with E-state index < -0.39 is 5.24 Å². The predicted molar refractivity (Wildman–Crippen MR) is 75.3 cm³/mol. The van der Waals surface area contributed by atoms with E-state index in [0.717, 1.165) is 28.1 Å². The summed E-state index contributed by atoms with van der Waals surface area (Å²) in [4.78, 5) is 30.0. The molecule has 3 N–H and O–H groups in total. The van der Waals surface area contributed by atoms with Crippen molar-refractivity contribution in [2.75, 3.05) is 0 Å². The van der Waals surface area contributed by atoms with Gasteiger partial charge in [-0.3, -0.25) is 14.6 Å². The highest BCUT2D eigenvalue weighted by molar-refractivity contribution is 8.13. The second kappa shape index (κ2) is 4.40. The molecule has 0 aliphatic rings. The Morgan fingerprint density at radius 3 is 2.89 bits per heavy atom. The van der Waals surface area contributed by atoms with Gasteiger partial charge < -0.3 is 10.7 Å². The Morgan fingerprint density at radius 2 is 2.11 bits per heavy atom. The SMILES string of the molecule is NC(=O)Sc1cc2c(ccc3ncccc32)[nH]c1=O. The van der Waals surface area contributed by atoms with Gasteiger partial charge in [0.25, 0.3) is 10.8 Å². The summed E-state index contributed by atoms with van der Waals surface area (Å²) in [5.41, 5.74) is 6.33. The molecule has 94 valence electrons. The average molecular weight is 271 g/mol. The van der Waals surface area contributed by atoms with Gasteiger partial charge in [0.05, 0.1) is 10.4 Å². The van der Waals surface area contributed by atoms with Gasteiger partial charge in [0.1, 0.15) is 0 Å². The highest BCUT2D eigenvalue weighted by atomic mass is 32.2. The zero-order valence-electron chi connectivity index (χ0n) is 9.71. The zero-order chi connectivity index (χ0) is 13.4. The van der Waals surface area contributed by atoms with E-state index in [1.807, 2.05) is 18.2 Å². The van der Waals surface area contributed by atoms with Gasteiger partial charge >= 0.3 is 0 Å². The van der Waals surface area contributed by atoms with Crippen LogP contribution in [0.5, 0.6) is 0 Å². The lowest BCUT2D eigenvalue weighted by Gasteiger charge is -2.04. The number of aromatic nitrogens is 2. The van der Waals surface area contributed by atoms with Crippen LogP contribution in [0.3, 0.4) is 0 Å². The second-order valence-corrected chi connectivity index (χ2v) is 5.03. The molecule has 3 rings (SSSR count). The van der Waals surface area contributed by atoms with E-state index in [4.69, 9.17) is 5.73 Å². The lowest BCUT2D eigenvalue weighted by Crippen LogP contribution is -2.12. The normalized spacial score (nSPS) is 10.9. The maximum Gasteiger partial charge on any atom is 0.281 e. The smallest absolute Gasteiger partial charge is 0.281 e. The van der Waals surface area contributed by atoms with Crippen LogP contribution >= 0.6 is 11.8 Å². The van der Waals surface area contributed by atoms with Crippen molar-refractivity contribution in [1.29, 1.82) is 0 Å². The average Bonchev–Trinajstić information content (AvgIpc) is 2.39. The number of primary amides is 1. The minimum atomic E-state index is -0.608. The van der Waals surface area contributed by atoms with Crippen molar-refractivity contribution in [2.45, 2.75) is 4.90 Å². The molecule has 0 atom stereocenters. The zero-order valence-corrected chi connectivity index (χ0v) is 10.5. The summed E-state index contributed by atoms with van der Waals surface area (Å²) in [7, 11) is 0. The van der Waals surface area contributed by atoms with Crippen molar-refractivity contribution in [1.82, 2.24) is 9.97 Å². The summed E-state index contributed by atoms with van der Waals surface area (Å²) in [5, 5.41) is 1.15. The first kappa shape index (κ1) is 11.7. The molecule has 3 aromatic rings. The highest BCUT2D eigenvalue weighted by Gasteiger charge is 2.09. The molecule has 1 amide bonds. The van der Waals surface area contributed by atoms with Crippen LogP contribution in [0, 0.1) is 0 Å². The third-order valence-corrected chi connectivity index (χ3v) is 3.51. The van der Waals surface area contributed by atoms with Gasteiger partial charge in [-0.15, -0.1) is 0 Å². The molecule has 0 fully saturated rings. The first-order chi connectivity index (χ1) is 9.15. The van der Waals surface area contributed by atoms with Crippen LogP contribution in [0.1, 0.15) is 0 Å². The number of fused-ring (bicyclic) bond motifs is 3. The predicted octanol–water partition coefficient (Wildman–Crippen LogP) is 2.25. The van der Waals surface area contributed by atoms with E-state index >= 15 is 0 Å². The minimum Gasteiger partial charge on any atom is -0.360 e. The van der Waals surface area contributed by atoms with Crippen molar-refractivity contribution in [2.24, 2.45) is 5.73 Å². The van der Waals surface area contributed by atoms with E-state index in [1.165, 1.54) is 0 Å². The molecule has 0 aliphatic carbocycles. The summed E-state index contributed by atoms with van der Waals surface area (Å²) in [6.07, 6.45) is 1.71. The van der Waals surface area contributed by atoms with Crippen molar-refractivity contribution in [3.8, 4) is 0 Å². The number of pyridine rings is 2. The largest absolute Gasteiger partial charge is 0.360 e. The Kier molecular flexibility index (Phi) is 2.72. The number of hydrogen-bond donors (Lipinski definition) is 2. The number of benzene rings is 1. The van der Waals surface area contributed by atoms with E-state index in [0.29, 0.717) is 5.52 Å². The van der Waals surface area contributed by atoms with Gasteiger partial charge in [-0.05, 0) is 36.0 Å². The molecule has 0 radical (unpaired) electrons. The molecule has 0 bridgehead atoms. The maximum atomic E-state index is 11.8. The summed E-state index contributed by atoms with van der Waals surface area (Å²) >= 11 is 0.723. The summed E-state index contributed by atoms with van der Waals surface area (Å²) < 4.78 is 0. The monoisotopic (exact) mass is 271 g/mol. The first-order valence-corrected chi connectivity index (χ1v) is 6.35. The molecule has 19 heavy (non-hydrogen) atoms. The molecule has 0 spiro atoms. The number of carbonyl (C=O) groups is 1. The number of H-pyrrole nitrogens is 1. The number of nitrogens with one attached hydrogen (secondary N) is 1. The number of nitrogens with two attached hydrogens (primary N) is 1. The van der Waals surface area contributed by atoms with Gasteiger partial charge in [0.2, 0.25) is 0 Å². The number of amides is 1. The lowest BCUT2D eigenvalue weighted by molar-refractivity contribution is 0.267. The molecule has 2 aromatic heterocycles. The van der Waals surface area contributed by atoms with Crippen molar-refractivity contribution in [3.05, 3.63) is 46.9 Å². The van der Waals surface area contributed by atoms with Crippen LogP contribution < -0.4 is 11.3 Å². The fourth-order valence-corrected chi connectivity index (χ4v) is 2.54. The van der Waals surface area contributed by atoms with Crippen LogP contribution in [0.25, 0.3) is 21.8 Å². The van der Waals surface area contributed by atoms with Gasteiger partial charge in [0.15, 0.2) is 0 Å². The molecule has 5 nitrogen and oxygen atoms in total. The van der Waals surface area contributed by atoms with E-state index in [9.17, 15) is 9.59 Å². The Bertz CT molecular complexity index is 857. The molecule has 0 unspecified atom stereocenters. The van der Waals surface area contributed by atoms with Gasteiger partial charge in [-0.25, -0.2) is 0 Å². The first-order valence-electron chi connectivity index (χ1n) is 5.53. The fourth-order valence-electron chi connectivity index (χ4n) is 2.00. The van der Waals surface area contributed by atoms with Crippen LogP contribution in [0.15, 0.2) is 46.2 Å². The third kappa shape index (κ3) is 2.06.